The second-order valence-electron chi connectivity index (χ2n) is 5.96. The topological polar surface area (TPSA) is 64.1 Å². The molecule has 1 N–H and O–H groups in total. The van der Waals surface area contributed by atoms with E-state index in [-0.39, 0.29) is 11.7 Å². The van der Waals surface area contributed by atoms with E-state index in [4.69, 9.17) is 16.3 Å². The summed E-state index contributed by atoms with van der Waals surface area (Å²) in [4.78, 5) is 12.2. The molecule has 5 nitrogen and oxygen atoms in total. The molecule has 0 aliphatic carbocycles. The maximum Gasteiger partial charge on any atom is 0.234 e. The number of anilines is 1. The molecule has 7 heteroatoms. The summed E-state index contributed by atoms with van der Waals surface area (Å²) in [6.45, 7) is 4.46. The summed E-state index contributed by atoms with van der Waals surface area (Å²) >= 11 is 7.41. The van der Waals surface area contributed by atoms with Gasteiger partial charge in [-0.15, -0.1) is 10.2 Å². The van der Waals surface area contributed by atoms with E-state index in [0.29, 0.717) is 16.7 Å². The van der Waals surface area contributed by atoms with Crippen LogP contribution in [0.5, 0.6) is 5.75 Å². The molecule has 3 rings (SSSR count). The van der Waals surface area contributed by atoms with Gasteiger partial charge in [-0.1, -0.05) is 29.4 Å². The lowest BCUT2D eigenvalue weighted by molar-refractivity contribution is -0.113. The Morgan fingerprint density at radius 2 is 1.89 bits per heavy atom. The first-order valence-electron chi connectivity index (χ1n) is 8.81. The molecule has 1 heterocycles. The Balaban J connectivity index is 1.56. The Bertz CT molecular complexity index is 947. The number of ether oxygens (including phenoxy) is 1. The molecule has 0 saturated heterocycles. The van der Waals surface area contributed by atoms with Crippen LogP contribution in [-0.2, 0) is 4.79 Å². The highest BCUT2D eigenvalue weighted by molar-refractivity contribution is 7.99. The first kappa shape index (κ1) is 20.2. The van der Waals surface area contributed by atoms with Gasteiger partial charge in [-0.05, 0) is 67.9 Å². The zero-order chi connectivity index (χ0) is 19.9. The van der Waals surface area contributed by atoms with Crippen LogP contribution < -0.4 is 10.1 Å². The van der Waals surface area contributed by atoms with Crippen LogP contribution in [0.15, 0.2) is 59.6 Å². The van der Waals surface area contributed by atoms with Crippen LogP contribution in [0.1, 0.15) is 12.5 Å². The minimum Gasteiger partial charge on any atom is -0.494 e. The van der Waals surface area contributed by atoms with Gasteiger partial charge in [0.1, 0.15) is 10.8 Å². The number of aromatic nitrogens is 2. The van der Waals surface area contributed by atoms with Crippen LogP contribution in [0.2, 0.25) is 5.02 Å². The summed E-state index contributed by atoms with van der Waals surface area (Å²) in [6.07, 6.45) is 0. The minimum atomic E-state index is -0.118. The fraction of sp³-hybridized carbons (Fsp3) is 0.190. The number of hydrogen-bond donors (Lipinski definition) is 1. The van der Waals surface area contributed by atoms with Gasteiger partial charge in [0.25, 0.3) is 0 Å². The third-order valence-electron chi connectivity index (χ3n) is 3.99. The monoisotopic (exact) mass is 413 g/mol. The molecule has 0 aliphatic heterocycles. The van der Waals surface area contributed by atoms with E-state index in [1.54, 1.807) is 6.07 Å². The maximum absolute atomic E-state index is 12.2. The normalized spacial score (nSPS) is 10.5. The number of hydrogen-bond acceptors (Lipinski definition) is 5. The largest absolute Gasteiger partial charge is 0.494 e. The van der Waals surface area contributed by atoms with Crippen LogP contribution >= 0.6 is 23.4 Å². The Kier molecular flexibility index (Phi) is 6.90. The molecule has 144 valence electrons. The number of thioether (sulfide) groups is 1. The summed E-state index contributed by atoms with van der Waals surface area (Å²) in [7, 11) is 0. The second-order valence-corrected chi connectivity index (χ2v) is 7.37. The van der Waals surface area contributed by atoms with Crippen LogP contribution in [0, 0.1) is 6.92 Å². The average Bonchev–Trinajstić information content (AvgIpc) is 2.71. The predicted octanol–water partition coefficient (Wildman–Crippen LogP) is 5.23. The van der Waals surface area contributed by atoms with Gasteiger partial charge in [-0.3, -0.25) is 4.79 Å². The summed E-state index contributed by atoms with van der Waals surface area (Å²) < 4.78 is 5.44. The third kappa shape index (κ3) is 5.24. The van der Waals surface area contributed by atoms with E-state index in [2.05, 4.69) is 15.5 Å². The van der Waals surface area contributed by atoms with Crippen molar-refractivity contribution in [1.82, 2.24) is 10.2 Å². The molecule has 0 bridgehead atoms. The molecule has 0 radical (unpaired) electrons. The third-order valence-corrected chi connectivity index (χ3v) is 5.32. The Labute approximate surface area is 173 Å². The molecular formula is C21H20ClN3O2S. The summed E-state index contributed by atoms with van der Waals surface area (Å²) in [6, 6.07) is 16.9. The summed E-state index contributed by atoms with van der Waals surface area (Å²) in [5.41, 5.74) is 3.30. The van der Waals surface area contributed by atoms with Crippen molar-refractivity contribution in [2.75, 3.05) is 17.7 Å². The lowest BCUT2D eigenvalue weighted by Gasteiger charge is -2.09. The van der Waals surface area contributed by atoms with Gasteiger partial charge < -0.3 is 10.1 Å². The molecule has 1 amide bonds. The van der Waals surface area contributed by atoms with Gasteiger partial charge in [-0.25, -0.2) is 0 Å². The lowest BCUT2D eigenvalue weighted by atomic mass is 10.1. The highest BCUT2D eigenvalue weighted by Crippen LogP contribution is 2.24. The SMILES string of the molecule is CCOc1ccc(-c2ccc(SCC(=O)Nc3cccc(Cl)c3C)nn2)cc1. The van der Waals surface area contributed by atoms with Gasteiger partial charge >= 0.3 is 0 Å². The van der Waals surface area contributed by atoms with Crippen LogP contribution in [0.4, 0.5) is 5.69 Å². The molecule has 0 spiro atoms. The first-order valence-corrected chi connectivity index (χ1v) is 10.2. The molecule has 0 fully saturated rings. The molecule has 2 aromatic carbocycles. The van der Waals surface area contributed by atoms with E-state index >= 15 is 0 Å². The number of nitrogens with one attached hydrogen (secondary N) is 1. The van der Waals surface area contributed by atoms with Gasteiger partial charge in [0.15, 0.2) is 0 Å². The van der Waals surface area contributed by atoms with Crippen LogP contribution in [-0.4, -0.2) is 28.5 Å². The number of carbonyl (C=O) groups excluding carboxylic acids is 1. The minimum absolute atomic E-state index is 0.118. The van der Waals surface area contributed by atoms with Crippen molar-refractivity contribution in [3.8, 4) is 17.0 Å². The zero-order valence-electron chi connectivity index (χ0n) is 15.6. The first-order chi connectivity index (χ1) is 13.6. The van der Waals surface area contributed by atoms with E-state index in [0.717, 1.165) is 28.3 Å². The second kappa shape index (κ2) is 9.57. The lowest BCUT2D eigenvalue weighted by Crippen LogP contribution is -2.15. The Morgan fingerprint density at radius 3 is 2.57 bits per heavy atom. The quantitative estimate of drug-likeness (QED) is 0.537. The van der Waals surface area contributed by atoms with Crippen molar-refractivity contribution < 1.29 is 9.53 Å². The summed E-state index contributed by atoms with van der Waals surface area (Å²) in [5.74, 6) is 0.948. The van der Waals surface area contributed by atoms with Crippen molar-refractivity contribution in [2.24, 2.45) is 0 Å². The Morgan fingerprint density at radius 1 is 1.11 bits per heavy atom. The zero-order valence-corrected chi connectivity index (χ0v) is 17.2. The highest BCUT2D eigenvalue weighted by atomic mass is 35.5. The van der Waals surface area contributed by atoms with E-state index in [1.807, 2.05) is 62.4 Å². The van der Waals surface area contributed by atoms with Crippen molar-refractivity contribution in [2.45, 2.75) is 18.9 Å². The van der Waals surface area contributed by atoms with Crippen molar-refractivity contribution in [1.29, 1.82) is 0 Å². The van der Waals surface area contributed by atoms with Crippen molar-refractivity contribution >= 4 is 35.0 Å². The van der Waals surface area contributed by atoms with E-state index < -0.39 is 0 Å². The molecule has 3 aromatic rings. The van der Waals surface area contributed by atoms with Crippen LogP contribution in [0.3, 0.4) is 0 Å². The van der Waals surface area contributed by atoms with Crippen LogP contribution in [0.25, 0.3) is 11.3 Å². The fourth-order valence-corrected chi connectivity index (χ4v) is 3.30. The number of nitrogens with zero attached hydrogens (tertiary/aromatic N) is 2. The van der Waals surface area contributed by atoms with Gasteiger partial charge in [0, 0.05) is 16.3 Å². The van der Waals surface area contributed by atoms with E-state index in [1.165, 1.54) is 11.8 Å². The molecule has 0 atom stereocenters. The van der Waals surface area contributed by atoms with Gasteiger partial charge in [0.2, 0.25) is 5.91 Å². The average molecular weight is 414 g/mol. The number of carbonyl (C=O) groups is 1. The standard InChI is InChI=1S/C21H20ClN3O2S/c1-3-27-16-9-7-15(8-10-16)19-11-12-21(25-24-19)28-13-20(26)23-18-6-4-5-17(22)14(18)2/h4-12H,3,13H2,1-2H3,(H,23,26). The summed E-state index contributed by atoms with van der Waals surface area (Å²) in [5, 5.41) is 12.6. The fourth-order valence-electron chi connectivity index (χ4n) is 2.51. The molecule has 0 aliphatic rings. The molecular weight excluding hydrogens is 394 g/mol. The molecule has 0 unspecified atom stereocenters. The molecule has 0 saturated carbocycles. The van der Waals surface area contributed by atoms with Crippen molar-refractivity contribution in [3.63, 3.8) is 0 Å². The number of benzene rings is 2. The maximum atomic E-state index is 12.2. The number of rotatable bonds is 7. The highest BCUT2D eigenvalue weighted by Gasteiger charge is 2.09. The van der Waals surface area contributed by atoms with Gasteiger partial charge in [0.05, 0.1) is 18.1 Å². The number of amides is 1. The number of halogens is 1. The van der Waals surface area contributed by atoms with Gasteiger partial charge in [-0.2, -0.15) is 0 Å². The predicted molar refractivity (Wildman–Crippen MR) is 114 cm³/mol. The van der Waals surface area contributed by atoms with E-state index in [9.17, 15) is 4.79 Å². The molecule has 28 heavy (non-hydrogen) atoms. The van der Waals surface area contributed by atoms with Crippen molar-refractivity contribution in [3.05, 3.63) is 65.2 Å². The Hall–Kier alpha value is -2.57. The smallest absolute Gasteiger partial charge is 0.234 e. The molecule has 1 aromatic heterocycles.